The van der Waals surface area contributed by atoms with Crippen LogP contribution in [0.5, 0.6) is 5.75 Å². The molecule has 1 atom stereocenters. The number of benzene rings is 1. The third-order valence-electron chi connectivity index (χ3n) is 4.82. The fourth-order valence-electron chi connectivity index (χ4n) is 3.41. The fraction of sp³-hybridized carbons (Fsp3) is 0.444. The third-order valence-corrected chi connectivity index (χ3v) is 4.82. The minimum absolute atomic E-state index is 0.0230. The van der Waals surface area contributed by atoms with Crippen LogP contribution in [-0.2, 0) is 0 Å². The first-order valence-electron chi connectivity index (χ1n) is 8.34. The number of rotatable bonds is 3. The van der Waals surface area contributed by atoms with Crippen LogP contribution in [0.4, 0.5) is 8.78 Å². The molecular formula is C18H22F2N2O3. The van der Waals surface area contributed by atoms with Crippen molar-refractivity contribution in [3.63, 3.8) is 0 Å². The molecule has 1 unspecified atom stereocenters. The molecule has 0 aliphatic heterocycles. The number of phenolic OH excluding ortho intramolecular Hbond substituents is 1. The van der Waals surface area contributed by atoms with Gasteiger partial charge in [0.05, 0.1) is 0 Å². The highest BCUT2D eigenvalue weighted by Crippen LogP contribution is 2.34. The van der Waals surface area contributed by atoms with Gasteiger partial charge in [0, 0.05) is 35.7 Å². The van der Waals surface area contributed by atoms with Crippen LogP contribution < -0.4 is 11.1 Å². The lowest BCUT2D eigenvalue weighted by Gasteiger charge is -2.36. The average molecular weight is 352 g/mol. The van der Waals surface area contributed by atoms with E-state index in [-0.39, 0.29) is 35.4 Å². The molecule has 3 rings (SSSR count). The Labute approximate surface area is 144 Å². The van der Waals surface area contributed by atoms with Crippen LogP contribution in [0.3, 0.4) is 0 Å². The summed E-state index contributed by atoms with van der Waals surface area (Å²) in [5.41, 5.74) is 4.15. The lowest BCUT2D eigenvalue weighted by molar-refractivity contribution is 0.0360. The number of aromatic hydroxyl groups is 1. The Hall–Kier alpha value is -1.96. The van der Waals surface area contributed by atoms with Crippen molar-refractivity contribution in [2.24, 2.45) is 5.73 Å². The van der Waals surface area contributed by atoms with Crippen LogP contribution in [0.25, 0.3) is 5.57 Å². The Morgan fingerprint density at radius 1 is 1.08 bits per heavy atom. The Kier molecular flexibility index (Phi) is 4.81. The van der Waals surface area contributed by atoms with Gasteiger partial charge in [0.2, 0.25) is 0 Å². The second-order valence-corrected chi connectivity index (χ2v) is 6.82. The molecule has 0 spiro atoms. The van der Waals surface area contributed by atoms with E-state index in [1.807, 2.05) is 0 Å². The zero-order valence-corrected chi connectivity index (χ0v) is 13.7. The summed E-state index contributed by atoms with van der Waals surface area (Å²) < 4.78 is 27.7. The average Bonchev–Trinajstić information content (AvgIpc) is 2.56. The first-order valence-corrected chi connectivity index (χ1v) is 8.34. The van der Waals surface area contributed by atoms with Crippen molar-refractivity contribution in [1.29, 1.82) is 0 Å². The number of aliphatic hydroxyl groups excluding tert-OH is 1. The quantitative estimate of drug-likeness (QED) is 0.538. The smallest absolute Gasteiger partial charge is 0.165 e. The first-order chi connectivity index (χ1) is 11.8. The predicted octanol–water partition coefficient (Wildman–Crippen LogP) is 2.45. The second kappa shape index (κ2) is 6.74. The largest absolute Gasteiger partial charge is 0.508 e. The SMILES string of the molecule is NC1CCC(NC2(O)C=C(c3cc(F)c(O)cc3F)C(O)=CC2)CC1. The van der Waals surface area contributed by atoms with Crippen molar-refractivity contribution in [2.45, 2.75) is 49.9 Å². The maximum Gasteiger partial charge on any atom is 0.165 e. The summed E-state index contributed by atoms with van der Waals surface area (Å²) in [6.45, 7) is 0. The highest BCUT2D eigenvalue weighted by molar-refractivity contribution is 5.79. The number of nitrogens with two attached hydrogens (primary N) is 1. The van der Waals surface area contributed by atoms with E-state index >= 15 is 0 Å². The molecule has 0 amide bonds. The molecule has 0 bridgehead atoms. The molecule has 1 saturated carbocycles. The highest BCUT2D eigenvalue weighted by Gasteiger charge is 2.33. The third kappa shape index (κ3) is 3.84. The normalized spacial score (nSPS) is 29.9. The summed E-state index contributed by atoms with van der Waals surface area (Å²) in [4.78, 5) is 0. The fourth-order valence-corrected chi connectivity index (χ4v) is 3.41. The summed E-state index contributed by atoms with van der Waals surface area (Å²) in [5.74, 6) is -2.96. The summed E-state index contributed by atoms with van der Waals surface area (Å²) >= 11 is 0. The molecule has 25 heavy (non-hydrogen) atoms. The minimum Gasteiger partial charge on any atom is -0.508 e. The van der Waals surface area contributed by atoms with Crippen LogP contribution in [0, 0.1) is 11.6 Å². The van der Waals surface area contributed by atoms with Crippen molar-refractivity contribution < 1.29 is 24.1 Å². The van der Waals surface area contributed by atoms with E-state index in [2.05, 4.69) is 5.32 Å². The van der Waals surface area contributed by atoms with Gasteiger partial charge in [0.25, 0.3) is 0 Å². The van der Waals surface area contributed by atoms with Gasteiger partial charge in [-0.2, -0.15) is 0 Å². The van der Waals surface area contributed by atoms with E-state index in [0.717, 1.165) is 31.7 Å². The van der Waals surface area contributed by atoms with Gasteiger partial charge in [-0.25, -0.2) is 8.78 Å². The summed E-state index contributed by atoms with van der Waals surface area (Å²) in [6.07, 6.45) is 6.08. The van der Waals surface area contributed by atoms with E-state index < -0.39 is 23.1 Å². The molecule has 1 aromatic carbocycles. The van der Waals surface area contributed by atoms with Crippen molar-refractivity contribution in [3.05, 3.63) is 47.2 Å². The molecular weight excluding hydrogens is 330 g/mol. The highest BCUT2D eigenvalue weighted by atomic mass is 19.1. The topological polar surface area (TPSA) is 98.7 Å². The number of aliphatic hydroxyl groups is 2. The molecule has 7 heteroatoms. The lowest BCUT2D eigenvalue weighted by Crippen LogP contribution is -2.51. The molecule has 0 radical (unpaired) electrons. The van der Waals surface area contributed by atoms with Gasteiger partial charge >= 0.3 is 0 Å². The molecule has 136 valence electrons. The molecule has 1 fully saturated rings. The van der Waals surface area contributed by atoms with Crippen LogP contribution in [0.15, 0.2) is 30.0 Å². The van der Waals surface area contributed by atoms with Crippen LogP contribution in [-0.4, -0.2) is 33.1 Å². The standard InChI is InChI=1S/C18H22F2N2O3/c19-14-8-17(24)15(20)7-12(14)13-9-18(25,6-5-16(13)23)22-11-3-1-10(21)2-4-11/h5,7-11,22-25H,1-4,6,21H2. The van der Waals surface area contributed by atoms with E-state index in [9.17, 15) is 24.1 Å². The molecule has 5 nitrogen and oxygen atoms in total. The zero-order valence-electron chi connectivity index (χ0n) is 13.7. The van der Waals surface area contributed by atoms with Gasteiger partial charge in [-0.3, -0.25) is 5.32 Å². The number of phenols is 1. The van der Waals surface area contributed by atoms with Gasteiger partial charge < -0.3 is 21.1 Å². The Bertz CT molecular complexity index is 727. The summed E-state index contributed by atoms with van der Waals surface area (Å²) in [6, 6.07) is 1.66. The van der Waals surface area contributed by atoms with Gasteiger partial charge in [-0.15, -0.1) is 0 Å². The van der Waals surface area contributed by atoms with Crippen molar-refractivity contribution in [2.75, 3.05) is 0 Å². The van der Waals surface area contributed by atoms with Gasteiger partial charge in [-0.05, 0) is 43.9 Å². The maximum atomic E-state index is 14.1. The van der Waals surface area contributed by atoms with E-state index in [1.165, 1.54) is 12.2 Å². The van der Waals surface area contributed by atoms with E-state index in [0.29, 0.717) is 6.07 Å². The molecule has 0 heterocycles. The molecule has 2 aliphatic carbocycles. The first kappa shape index (κ1) is 17.8. The predicted molar refractivity (Wildman–Crippen MR) is 89.6 cm³/mol. The second-order valence-electron chi connectivity index (χ2n) is 6.82. The number of nitrogens with one attached hydrogen (secondary N) is 1. The maximum absolute atomic E-state index is 14.1. The van der Waals surface area contributed by atoms with Crippen molar-refractivity contribution in [1.82, 2.24) is 5.32 Å². The van der Waals surface area contributed by atoms with Gasteiger partial charge in [-0.1, -0.05) is 0 Å². The summed E-state index contributed by atoms with van der Waals surface area (Å²) in [5, 5.41) is 33.2. The van der Waals surface area contributed by atoms with Gasteiger partial charge in [0.1, 0.15) is 17.3 Å². The lowest BCUT2D eigenvalue weighted by atomic mass is 9.88. The summed E-state index contributed by atoms with van der Waals surface area (Å²) in [7, 11) is 0. The Morgan fingerprint density at radius 2 is 1.76 bits per heavy atom. The number of halogens is 2. The van der Waals surface area contributed by atoms with Crippen molar-refractivity contribution >= 4 is 5.57 Å². The number of allylic oxidation sites excluding steroid dienone is 1. The Morgan fingerprint density at radius 3 is 2.44 bits per heavy atom. The Balaban J connectivity index is 1.88. The van der Waals surface area contributed by atoms with E-state index in [1.54, 1.807) is 0 Å². The zero-order chi connectivity index (χ0) is 18.2. The van der Waals surface area contributed by atoms with Crippen molar-refractivity contribution in [3.8, 4) is 5.75 Å². The number of hydrogen-bond acceptors (Lipinski definition) is 5. The van der Waals surface area contributed by atoms with Crippen LogP contribution in [0.1, 0.15) is 37.7 Å². The molecule has 2 aliphatic rings. The van der Waals surface area contributed by atoms with Crippen LogP contribution in [0.2, 0.25) is 0 Å². The molecule has 6 N–H and O–H groups in total. The number of hydrogen-bond donors (Lipinski definition) is 5. The molecule has 0 saturated heterocycles. The van der Waals surface area contributed by atoms with E-state index in [4.69, 9.17) is 5.73 Å². The molecule has 0 aromatic heterocycles. The van der Waals surface area contributed by atoms with Gasteiger partial charge in [0.15, 0.2) is 11.6 Å². The molecule has 1 aromatic rings. The monoisotopic (exact) mass is 352 g/mol. The minimum atomic E-state index is -1.48. The van der Waals surface area contributed by atoms with Crippen LogP contribution >= 0.6 is 0 Å².